The van der Waals surface area contributed by atoms with Gasteiger partial charge in [0.2, 0.25) is 0 Å². The molecule has 1 aromatic carbocycles. The lowest BCUT2D eigenvalue weighted by Gasteiger charge is -2.08. The number of nitrogens with one attached hydrogen (secondary N) is 1. The Morgan fingerprint density at radius 1 is 1.21 bits per heavy atom. The van der Waals surface area contributed by atoms with E-state index in [9.17, 15) is 13.2 Å². The zero-order valence-electron chi connectivity index (χ0n) is 9.78. The second kappa shape index (κ2) is 5.52. The van der Waals surface area contributed by atoms with E-state index < -0.39 is 11.9 Å². The topological polar surface area (TPSA) is 29.9 Å². The zero-order chi connectivity index (χ0) is 13.9. The van der Waals surface area contributed by atoms with Crippen LogP contribution < -0.4 is 5.32 Å². The summed E-state index contributed by atoms with van der Waals surface area (Å²) in [5, 5.41) is 7.06. The molecule has 0 saturated carbocycles. The lowest BCUT2D eigenvalue weighted by Crippen LogP contribution is -2.13. The first-order valence-corrected chi connectivity index (χ1v) is 5.93. The number of aromatic nitrogens is 2. The van der Waals surface area contributed by atoms with Crippen LogP contribution in [0.25, 0.3) is 0 Å². The van der Waals surface area contributed by atoms with Crippen LogP contribution in [-0.4, -0.2) is 16.3 Å². The molecule has 0 spiro atoms. The Morgan fingerprint density at radius 3 is 2.58 bits per heavy atom. The van der Waals surface area contributed by atoms with Crippen molar-refractivity contribution in [1.82, 2.24) is 9.78 Å². The highest BCUT2D eigenvalue weighted by atomic mass is 35.5. The lowest BCUT2D eigenvalue weighted by molar-refractivity contribution is -0.141. The number of halogens is 4. The molecule has 3 nitrogen and oxygen atoms in total. The second-order valence-electron chi connectivity index (χ2n) is 3.87. The van der Waals surface area contributed by atoms with Crippen molar-refractivity contribution in [2.45, 2.75) is 12.7 Å². The summed E-state index contributed by atoms with van der Waals surface area (Å²) >= 11 is 5.94. The zero-order valence-corrected chi connectivity index (χ0v) is 10.5. The first-order valence-electron chi connectivity index (χ1n) is 5.56. The van der Waals surface area contributed by atoms with Gasteiger partial charge in [-0.3, -0.25) is 4.68 Å². The molecule has 0 radical (unpaired) electrons. The van der Waals surface area contributed by atoms with Crippen LogP contribution in [-0.2, 0) is 12.7 Å². The summed E-state index contributed by atoms with van der Waals surface area (Å²) in [7, 11) is 0. The first-order chi connectivity index (χ1) is 8.97. The van der Waals surface area contributed by atoms with E-state index in [0.717, 1.165) is 11.8 Å². The highest BCUT2D eigenvalue weighted by molar-refractivity contribution is 6.33. The third-order valence-corrected chi connectivity index (χ3v) is 2.79. The van der Waals surface area contributed by atoms with Crippen molar-refractivity contribution in [2.24, 2.45) is 0 Å². The van der Waals surface area contributed by atoms with E-state index in [1.54, 1.807) is 18.2 Å². The van der Waals surface area contributed by atoms with Gasteiger partial charge in [-0.1, -0.05) is 23.7 Å². The van der Waals surface area contributed by atoms with Gasteiger partial charge in [0.25, 0.3) is 0 Å². The quantitative estimate of drug-likeness (QED) is 0.931. The Balaban J connectivity index is 1.90. The molecule has 19 heavy (non-hydrogen) atoms. The first kappa shape index (κ1) is 13.7. The van der Waals surface area contributed by atoms with E-state index in [-0.39, 0.29) is 0 Å². The minimum absolute atomic E-state index is 0.321. The number of benzene rings is 1. The molecule has 0 aliphatic carbocycles. The van der Waals surface area contributed by atoms with E-state index in [2.05, 4.69) is 10.4 Å². The number of hydrogen-bond acceptors (Lipinski definition) is 2. The van der Waals surface area contributed by atoms with Crippen LogP contribution in [0.15, 0.2) is 36.5 Å². The van der Waals surface area contributed by atoms with Crippen molar-refractivity contribution < 1.29 is 13.2 Å². The Bertz CT molecular complexity index is 551. The van der Waals surface area contributed by atoms with Crippen molar-refractivity contribution in [3.63, 3.8) is 0 Å². The Morgan fingerprint density at radius 2 is 1.95 bits per heavy atom. The lowest BCUT2D eigenvalue weighted by atomic mass is 10.3. The number of anilines is 1. The summed E-state index contributed by atoms with van der Waals surface area (Å²) in [5.41, 5.74) is -0.141. The molecule has 0 aliphatic rings. The fourth-order valence-electron chi connectivity index (χ4n) is 1.55. The second-order valence-corrected chi connectivity index (χ2v) is 4.28. The van der Waals surface area contributed by atoms with Gasteiger partial charge in [0.05, 0.1) is 17.3 Å². The van der Waals surface area contributed by atoms with E-state index >= 15 is 0 Å². The molecule has 0 bridgehead atoms. The fraction of sp³-hybridized carbons (Fsp3) is 0.250. The van der Waals surface area contributed by atoms with E-state index in [1.807, 2.05) is 6.07 Å². The predicted octanol–water partition coefficient (Wildman–Crippen LogP) is 3.67. The van der Waals surface area contributed by atoms with Gasteiger partial charge in [-0.2, -0.15) is 18.3 Å². The van der Waals surface area contributed by atoms with Crippen molar-refractivity contribution in [3.8, 4) is 0 Å². The van der Waals surface area contributed by atoms with Gasteiger partial charge in [-0.25, -0.2) is 0 Å². The molecule has 1 heterocycles. The summed E-state index contributed by atoms with van der Waals surface area (Å²) in [5.74, 6) is 0. The van der Waals surface area contributed by atoms with Crippen molar-refractivity contribution in [3.05, 3.63) is 47.2 Å². The van der Waals surface area contributed by atoms with Crippen LogP contribution in [0.4, 0.5) is 18.9 Å². The van der Waals surface area contributed by atoms with Crippen molar-refractivity contribution in [1.29, 1.82) is 0 Å². The molecule has 1 aromatic heterocycles. The molecule has 102 valence electrons. The summed E-state index contributed by atoms with van der Waals surface area (Å²) < 4.78 is 38.2. The maximum Gasteiger partial charge on any atom is 0.435 e. The molecule has 1 N–H and O–H groups in total. The normalized spacial score (nSPS) is 11.6. The molecule has 2 rings (SSSR count). The van der Waals surface area contributed by atoms with Gasteiger partial charge in [0.1, 0.15) is 0 Å². The number of hydrogen-bond donors (Lipinski definition) is 1. The van der Waals surface area contributed by atoms with Gasteiger partial charge < -0.3 is 5.32 Å². The van der Waals surface area contributed by atoms with Crippen LogP contribution in [0.2, 0.25) is 5.02 Å². The van der Waals surface area contributed by atoms with Crippen LogP contribution in [0.1, 0.15) is 5.69 Å². The van der Waals surface area contributed by atoms with E-state index in [4.69, 9.17) is 11.6 Å². The minimum atomic E-state index is -4.40. The van der Waals surface area contributed by atoms with Gasteiger partial charge in [0.15, 0.2) is 5.69 Å². The van der Waals surface area contributed by atoms with E-state index in [1.165, 1.54) is 10.9 Å². The molecule has 0 amide bonds. The SMILES string of the molecule is FC(F)(F)c1ccn(CCNc2ccccc2Cl)n1. The average molecular weight is 290 g/mol. The number of rotatable bonds is 4. The molecule has 2 aromatic rings. The summed E-state index contributed by atoms with van der Waals surface area (Å²) in [6.45, 7) is 0.754. The third-order valence-electron chi connectivity index (χ3n) is 2.46. The van der Waals surface area contributed by atoms with Gasteiger partial charge in [-0.05, 0) is 18.2 Å². The maximum absolute atomic E-state index is 12.3. The van der Waals surface area contributed by atoms with Gasteiger partial charge in [0, 0.05) is 12.7 Å². The van der Waals surface area contributed by atoms with Gasteiger partial charge in [-0.15, -0.1) is 0 Å². The summed E-state index contributed by atoms with van der Waals surface area (Å²) in [4.78, 5) is 0. The molecule has 0 aliphatic heterocycles. The number of alkyl halides is 3. The van der Waals surface area contributed by atoms with Crippen LogP contribution in [0, 0.1) is 0 Å². The molecule has 0 fully saturated rings. The molecule has 0 saturated heterocycles. The summed E-state index contributed by atoms with van der Waals surface area (Å²) in [6.07, 6.45) is -3.10. The predicted molar refractivity (Wildman–Crippen MR) is 67.2 cm³/mol. The average Bonchev–Trinajstić information content (AvgIpc) is 2.80. The summed E-state index contributed by atoms with van der Waals surface area (Å²) in [6, 6.07) is 8.11. The minimum Gasteiger partial charge on any atom is -0.382 e. The fourth-order valence-corrected chi connectivity index (χ4v) is 1.75. The number of para-hydroxylation sites is 1. The highest BCUT2D eigenvalue weighted by Crippen LogP contribution is 2.27. The molecular weight excluding hydrogens is 279 g/mol. The van der Waals surface area contributed by atoms with Gasteiger partial charge >= 0.3 is 6.18 Å². The monoisotopic (exact) mass is 289 g/mol. The maximum atomic E-state index is 12.3. The van der Waals surface area contributed by atoms with E-state index in [0.29, 0.717) is 18.1 Å². The van der Waals surface area contributed by atoms with Crippen LogP contribution in [0.3, 0.4) is 0 Å². The van der Waals surface area contributed by atoms with Crippen molar-refractivity contribution in [2.75, 3.05) is 11.9 Å². The van der Waals surface area contributed by atoms with Crippen molar-refractivity contribution >= 4 is 17.3 Å². The molecule has 0 atom stereocenters. The Labute approximate surface area is 113 Å². The standard InChI is InChI=1S/C12H11ClF3N3/c13-9-3-1-2-4-10(9)17-6-8-19-7-5-11(18-19)12(14,15)16/h1-5,7,17H,6,8H2. The molecule has 7 heteroatoms. The Kier molecular flexibility index (Phi) is 3.99. The van der Waals surface area contributed by atoms with Crippen LogP contribution >= 0.6 is 11.6 Å². The Hall–Kier alpha value is -1.69. The smallest absolute Gasteiger partial charge is 0.382 e. The number of nitrogens with zero attached hydrogens (tertiary/aromatic N) is 2. The largest absolute Gasteiger partial charge is 0.435 e. The third kappa shape index (κ3) is 3.64. The molecule has 0 unspecified atom stereocenters. The van der Waals surface area contributed by atoms with Crippen LogP contribution in [0.5, 0.6) is 0 Å². The molecular formula is C12H11ClF3N3. The highest BCUT2D eigenvalue weighted by Gasteiger charge is 2.33.